The van der Waals surface area contributed by atoms with Gasteiger partial charge < -0.3 is 10.6 Å². The number of nitrogens with one attached hydrogen (secondary N) is 2. The Kier molecular flexibility index (Phi) is 6.07. The van der Waals surface area contributed by atoms with E-state index in [1.165, 1.54) is 4.88 Å². The number of rotatable bonds is 6. The molecule has 2 N–H and O–H groups in total. The van der Waals surface area contributed by atoms with E-state index in [0.29, 0.717) is 12.0 Å². The molecule has 0 saturated carbocycles. The Labute approximate surface area is 153 Å². The normalized spacial score (nSPS) is 18.7. The quantitative estimate of drug-likeness (QED) is 0.614. The molecule has 2 aromatic rings. The summed E-state index contributed by atoms with van der Waals surface area (Å²) in [5.74, 6) is 3.40. The topological polar surface area (TPSA) is 67.1 Å². The summed E-state index contributed by atoms with van der Waals surface area (Å²) in [4.78, 5) is 10.8. The first-order chi connectivity index (χ1) is 12.2. The zero-order valence-corrected chi connectivity index (χ0v) is 16.1. The third-order valence-electron chi connectivity index (χ3n) is 4.46. The minimum absolute atomic E-state index is 0.341. The van der Waals surface area contributed by atoms with Crippen LogP contribution in [-0.2, 0) is 19.4 Å². The monoisotopic (exact) mass is 360 g/mol. The molecular formula is C18H28N6S. The van der Waals surface area contributed by atoms with Gasteiger partial charge in [0.25, 0.3) is 0 Å². The minimum atomic E-state index is 0.341. The largest absolute Gasteiger partial charge is 0.357 e. The molecule has 3 rings (SSSR count). The van der Waals surface area contributed by atoms with Gasteiger partial charge in [-0.15, -0.1) is 11.3 Å². The summed E-state index contributed by atoms with van der Waals surface area (Å²) in [5, 5.41) is 13.7. The second-order valence-corrected chi connectivity index (χ2v) is 7.48. The first kappa shape index (κ1) is 17.9. The van der Waals surface area contributed by atoms with E-state index in [1.807, 2.05) is 0 Å². The average molecular weight is 361 g/mol. The molecule has 3 heterocycles. The molecule has 0 fully saturated rings. The highest BCUT2D eigenvalue weighted by Crippen LogP contribution is 2.20. The molecule has 136 valence electrons. The maximum Gasteiger partial charge on any atom is 0.191 e. The molecule has 7 heteroatoms. The summed E-state index contributed by atoms with van der Waals surface area (Å²) < 4.78 is 2.05. The Bertz CT molecular complexity index is 690. The second-order valence-electron chi connectivity index (χ2n) is 6.50. The van der Waals surface area contributed by atoms with Crippen molar-refractivity contribution in [3.63, 3.8) is 0 Å². The van der Waals surface area contributed by atoms with E-state index in [4.69, 9.17) is 4.99 Å². The van der Waals surface area contributed by atoms with Gasteiger partial charge in [-0.2, -0.15) is 5.10 Å². The van der Waals surface area contributed by atoms with E-state index in [0.717, 1.165) is 56.5 Å². The predicted molar refractivity (Wildman–Crippen MR) is 103 cm³/mol. The van der Waals surface area contributed by atoms with Crippen molar-refractivity contribution in [1.29, 1.82) is 0 Å². The molecule has 0 radical (unpaired) electrons. The van der Waals surface area contributed by atoms with Gasteiger partial charge in [-0.25, -0.2) is 9.67 Å². The molecule has 0 aliphatic carbocycles. The Morgan fingerprint density at radius 1 is 1.48 bits per heavy atom. The van der Waals surface area contributed by atoms with Crippen molar-refractivity contribution in [2.45, 2.75) is 58.5 Å². The maximum atomic E-state index is 4.80. The van der Waals surface area contributed by atoms with E-state index in [-0.39, 0.29) is 0 Å². The SMILES string of the molecule is CCNC(=NCC(C)c1cccs1)NC1CCc2nc(CC)nn2C1. The number of fused-ring (bicyclic) bond motifs is 1. The van der Waals surface area contributed by atoms with Crippen LogP contribution in [0.25, 0.3) is 0 Å². The van der Waals surface area contributed by atoms with E-state index >= 15 is 0 Å². The lowest BCUT2D eigenvalue weighted by molar-refractivity contribution is 0.392. The number of aliphatic imine (C=N–C) groups is 1. The number of thiophene rings is 1. The van der Waals surface area contributed by atoms with Gasteiger partial charge in [-0.3, -0.25) is 4.99 Å². The fourth-order valence-corrected chi connectivity index (χ4v) is 3.81. The van der Waals surface area contributed by atoms with Crippen molar-refractivity contribution in [2.75, 3.05) is 13.1 Å². The fraction of sp³-hybridized carbons (Fsp3) is 0.611. The summed E-state index contributed by atoms with van der Waals surface area (Å²) in [6.07, 6.45) is 2.92. The third kappa shape index (κ3) is 4.60. The third-order valence-corrected chi connectivity index (χ3v) is 5.56. The van der Waals surface area contributed by atoms with Crippen LogP contribution in [0.5, 0.6) is 0 Å². The Morgan fingerprint density at radius 3 is 3.08 bits per heavy atom. The van der Waals surface area contributed by atoms with Gasteiger partial charge in [0.1, 0.15) is 5.82 Å². The first-order valence-electron chi connectivity index (χ1n) is 9.20. The van der Waals surface area contributed by atoms with Crippen LogP contribution in [0.4, 0.5) is 0 Å². The molecule has 25 heavy (non-hydrogen) atoms. The highest BCUT2D eigenvalue weighted by molar-refractivity contribution is 7.10. The average Bonchev–Trinajstić information content (AvgIpc) is 3.28. The Balaban J connectivity index is 1.60. The summed E-state index contributed by atoms with van der Waals surface area (Å²) in [6, 6.07) is 4.63. The molecule has 2 aromatic heterocycles. The summed E-state index contributed by atoms with van der Waals surface area (Å²) in [7, 11) is 0. The maximum absolute atomic E-state index is 4.80. The molecular weight excluding hydrogens is 332 g/mol. The Hall–Kier alpha value is -1.89. The number of hydrogen-bond acceptors (Lipinski definition) is 4. The fourth-order valence-electron chi connectivity index (χ4n) is 3.03. The van der Waals surface area contributed by atoms with Crippen molar-refractivity contribution < 1.29 is 0 Å². The number of aryl methyl sites for hydroxylation is 2. The van der Waals surface area contributed by atoms with Crippen LogP contribution in [0.3, 0.4) is 0 Å². The summed E-state index contributed by atoms with van der Waals surface area (Å²) in [6.45, 7) is 8.93. The van der Waals surface area contributed by atoms with Crippen LogP contribution in [0.1, 0.15) is 49.6 Å². The van der Waals surface area contributed by atoms with Gasteiger partial charge in [0.2, 0.25) is 0 Å². The number of hydrogen-bond donors (Lipinski definition) is 2. The van der Waals surface area contributed by atoms with Gasteiger partial charge in [0.05, 0.1) is 13.1 Å². The van der Waals surface area contributed by atoms with Crippen molar-refractivity contribution >= 4 is 17.3 Å². The smallest absolute Gasteiger partial charge is 0.191 e. The Morgan fingerprint density at radius 2 is 2.36 bits per heavy atom. The van der Waals surface area contributed by atoms with Crippen LogP contribution in [0, 0.1) is 0 Å². The van der Waals surface area contributed by atoms with E-state index in [2.05, 4.69) is 63.7 Å². The standard InChI is InChI=1S/C18H28N6S/c1-4-16-22-17-9-8-14(12-24(17)23-16)21-18(19-5-2)20-11-13(3)15-7-6-10-25-15/h6-7,10,13-14H,4-5,8-9,11-12H2,1-3H3,(H2,19,20,21). The molecule has 0 spiro atoms. The first-order valence-corrected chi connectivity index (χ1v) is 10.1. The van der Waals surface area contributed by atoms with Crippen LogP contribution in [0.15, 0.2) is 22.5 Å². The molecule has 2 unspecified atom stereocenters. The predicted octanol–water partition coefficient (Wildman–Crippen LogP) is 2.58. The number of aromatic nitrogens is 3. The molecule has 0 bridgehead atoms. The van der Waals surface area contributed by atoms with E-state index in [9.17, 15) is 0 Å². The van der Waals surface area contributed by atoms with Gasteiger partial charge in [0.15, 0.2) is 11.8 Å². The molecule has 1 aliphatic heterocycles. The molecule has 6 nitrogen and oxygen atoms in total. The van der Waals surface area contributed by atoms with Crippen LogP contribution < -0.4 is 10.6 Å². The second kappa shape index (κ2) is 8.47. The highest BCUT2D eigenvalue weighted by atomic mass is 32.1. The van der Waals surface area contributed by atoms with Crippen molar-refractivity contribution in [3.05, 3.63) is 34.0 Å². The number of nitrogens with zero attached hydrogens (tertiary/aromatic N) is 4. The molecule has 2 atom stereocenters. The van der Waals surface area contributed by atoms with E-state index < -0.39 is 0 Å². The molecule has 0 amide bonds. The van der Waals surface area contributed by atoms with E-state index in [1.54, 1.807) is 11.3 Å². The van der Waals surface area contributed by atoms with Gasteiger partial charge in [-0.1, -0.05) is 19.9 Å². The van der Waals surface area contributed by atoms with Crippen LogP contribution in [0.2, 0.25) is 0 Å². The zero-order valence-electron chi connectivity index (χ0n) is 15.3. The summed E-state index contributed by atoms with van der Waals surface area (Å²) in [5.41, 5.74) is 0. The van der Waals surface area contributed by atoms with Gasteiger partial charge in [0, 0.05) is 36.2 Å². The van der Waals surface area contributed by atoms with Crippen molar-refractivity contribution in [3.8, 4) is 0 Å². The lowest BCUT2D eigenvalue weighted by Crippen LogP contribution is -2.47. The lowest BCUT2D eigenvalue weighted by atomic mass is 10.1. The highest BCUT2D eigenvalue weighted by Gasteiger charge is 2.22. The van der Waals surface area contributed by atoms with Gasteiger partial charge >= 0.3 is 0 Å². The summed E-state index contributed by atoms with van der Waals surface area (Å²) >= 11 is 1.80. The molecule has 0 saturated heterocycles. The van der Waals surface area contributed by atoms with Crippen molar-refractivity contribution in [2.24, 2.45) is 4.99 Å². The van der Waals surface area contributed by atoms with Crippen LogP contribution >= 0.6 is 11.3 Å². The minimum Gasteiger partial charge on any atom is -0.357 e. The van der Waals surface area contributed by atoms with Crippen LogP contribution in [-0.4, -0.2) is 39.9 Å². The number of guanidine groups is 1. The molecule has 1 aliphatic rings. The zero-order chi connectivity index (χ0) is 17.6. The van der Waals surface area contributed by atoms with Crippen molar-refractivity contribution in [1.82, 2.24) is 25.4 Å². The van der Waals surface area contributed by atoms with Gasteiger partial charge in [-0.05, 0) is 24.8 Å². The molecule has 0 aromatic carbocycles. The lowest BCUT2D eigenvalue weighted by Gasteiger charge is -2.25.